The molecule has 7 nitrogen and oxygen atoms in total. The van der Waals surface area contributed by atoms with Gasteiger partial charge in [0, 0.05) is 25.7 Å². The second kappa shape index (κ2) is 9.88. The van der Waals surface area contributed by atoms with E-state index in [1.807, 2.05) is 0 Å². The number of benzene rings is 1. The van der Waals surface area contributed by atoms with Crippen LogP contribution in [-0.2, 0) is 26.1 Å². The van der Waals surface area contributed by atoms with Gasteiger partial charge in [-0.1, -0.05) is 19.1 Å². The normalized spacial score (nSPS) is 32.0. The summed E-state index contributed by atoms with van der Waals surface area (Å²) in [5, 5.41) is 6.62. The quantitative estimate of drug-likeness (QED) is 0.557. The number of nitrogens with zero attached hydrogens (tertiary/aromatic N) is 1. The SMILES string of the molecule is CC[C@@H](NCC(=O)NCc1ccc(S(=O)(=O)N2CCOCC2)cc1)C12CC3CC(CC(C3)C1)C2. The van der Waals surface area contributed by atoms with Gasteiger partial charge < -0.3 is 15.4 Å². The van der Waals surface area contributed by atoms with Crippen molar-refractivity contribution in [1.82, 2.24) is 14.9 Å². The molecule has 1 heterocycles. The average Bonchev–Trinajstić information content (AvgIpc) is 2.83. The van der Waals surface area contributed by atoms with Gasteiger partial charge in [0.15, 0.2) is 0 Å². The van der Waals surface area contributed by atoms with E-state index in [9.17, 15) is 13.2 Å². The maximum absolute atomic E-state index is 12.8. The van der Waals surface area contributed by atoms with Crippen molar-refractivity contribution in [3.05, 3.63) is 29.8 Å². The molecule has 188 valence electrons. The predicted molar refractivity (Wildman–Crippen MR) is 131 cm³/mol. The molecule has 2 N–H and O–H groups in total. The molecule has 0 radical (unpaired) electrons. The molecule has 0 spiro atoms. The molecule has 1 atom stereocenters. The fourth-order valence-electron chi connectivity index (χ4n) is 7.59. The van der Waals surface area contributed by atoms with Gasteiger partial charge in [0.1, 0.15) is 0 Å². The van der Waals surface area contributed by atoms with Crippen LogP contribution in [0.3, 0.4) is 0 Å². The van der Waals surface area contributed by atoms with Crippen molar-refractivity contribution < 1.29 is 17.9 Å². The predicted octanol–water partition coefficient (Wildman–Crippen LogP) is 2.91. The van der Waals surface area contributed by atoms with Gasteiger partial charge in [-0.3, -0.25) is 4.79 Å². The fourth-order valence-corrected chi connectivity index (χ4v) is 9.00. The molecule has 0 unspecified atom stereocenters. The molecule has 5 aliphatic rings. The van der Waals surface area contributed by atoms with E-state index in [-0.39, 0.29) is 10.8 Å². The van der Waals surface area contributed by atoms with Crippen LogP contribution in [-0.4, -0.2) is 57.5 Å². The number of carbonyl (C=O) groups excluding carboxylic acids is 1. The summed E-state index contributed by atoms with van der Waals surface area (Å²) in [6.07, 6.45) is 9.39. The smallest absolute Gasteiger partial charge is 0.243 e. The molecule has 34 heavy (non-hydrogen) atoms. The molecule has 1 aromatic rings. The molecule has 4 aliphatic carbocycles. The zero-order valence-electron chi connectivity index (χ0n) is 20.3. The molecule has 6 rings (SSSR count). The van der Waals surface area contributed by atoms with Crippen LogP contribution in [0.25, 0.3) is 0 Å². The molecule has 4 saturated carbocycles. The van der Waals surface area contributed by atoms with Crippen LogP contribution in [0.5, 0.6) is 0 Å². The summed E-state index contributed by atoms with van der Waals surface area (Å²) in [4.78, 5) is 12.9. The Morgan fingerprint density at radius 3 is 2.21 bits per heavy atom. The first-order valence-corrected chi connectivity index (χ1v) is 14.5. The van der Waals surface area contributed by atoms with Crippen LogP contribution >= 0.6 is 0 Å². The summed E-state index contributed by atoms with van der Waals surface area (Å²) < 4.78 is 32.2. The van der Waals surface area contributed by atoms with Crippen molar-refractivity contribution in [1.29, 1.82) is 0 Å². The van der Waals surface area contributed by atoms with Gasteiger partial charge in [0.2, 0.25) is 15.9 Å². The number of morpholine rings is 1. The maximum atomic E-state index is 12.8. The Kier molecular flexibility index (Phi) is 7.04. The lowest BCUT2D eigenvalue weighted by Crippen LogP contribution is -2.56. The highest BCUT2D eigenvalue weighted by molar-refractivity contribution is 7.89. The Bertz CT molecular complexity index is 937. The highest BCUT2D eigenvalue weighted by Crippen LogP contribution is 2.61. The first-order chi connectivity index (χ1) is 16.4. The lowest BCUT2D eigenvalue weighted by molar-refractivity contribution is -0.121. The van der Waals surface area contributed by atoms with Gasteiger partial charge in [-0.05, 0) is 85.8 Å². The van der Waals surface area contributed by atoms with Crippen molar-refractivity contribution in [2.75, 3.05) is 32.8 Å². The molecular weight excluding hydrogens is 450 g/mol. The Labute approximate surface area is 204 Å². The van der Waals surface area contributed by atoms with Crippen LogP contribution in [0, 0.1) is 23.2 Å². The second-order valence-corrected chi connectivity index (χ2v) is 13.0. The van der Waals surface area contributed by atoms with Gasteiger partial charge >= 0.3 is 0 Å². The summed E-state index contributed by atoms with van der Waals surface area (Å²) in [6, 6.07) is 7.24. The highest BCUT2D eigenvalue weighted by atomic mass is 32.2. The van der Waals surface area contributed by atoms with E-state index in [0.29, 0.717) is 50.8 Å². The van der Waals surface area contributed by atoms with Gasteiger partial charge in [-0.25, -0.2) is 8.42 Å². The third kappa shape index (κ3) is 4.92. The molecule has 1 aliphatic heterocycles. The molecule has 1 saturated heterocycles. The third-order valence-corrected chi connectivity index (χ3v) is 10.7. The average molecular weight is 490 g/mol. The van der Waals surface area contributed by atoms with E-state index >= 15 is 0 Å². The second-order valence-electron chi connectivity index (χ2n) is 11.1. The van der Waals surface area contributed by atoms with Crippen LogP contribution in [0.15, 0.2) is 29.2 Å². The number of amides is 1. The minimum atomic E-state index is -3.49. The summed E-state index contributed by atoms with van der Waals surface area (Å²) in [6.45, 7) is 4.61. The van der Waals surface area contributed by atoms with Crippen LogP contribution in [0.4, 0.5) is 0 Å². The van der Waals surface area contributed by atoms with E-state index in [4.69, 9.17) is 4.74 Å². The summed E-state index contributed by atoms with van der Waals surface area (Å²) in [5.74, 6) is 2.72. The fraction of sp³-hybridized carbons (Fsp3) is 0.731. The van der Waals surface area contributed by atoms with E-state index in [2.05, 4.69) is 17.6 Å². The monoisotopic (exact) mass is 489 g/mol. The van der Waals surface area contributed by atoms with Crippen molar-refractivity contribution in [3.63, 3.8) is 0 Å². The van der Waals surface area contributed by atoms with Crippen molar-refractivity contribution >= 4 is 15.9 Å². The Morgan fingerprint density at radius 1 is 1.06 bits per heavy atom. The van der Waals surface area contributed by atoms with Crippen LogP contribution in [0.2, 0.25) is 0 Å². The lowest BCUT2D eigenvalue weighted by Gasteiger charge is -2.59. The molecule has 0 aromatic heterocycles. The number of sulfonamides is 1. The zero-order chi connectivity index (χ0) is 23.8. The van der Waals surface area contributed by atoms with Gasteiger partial charge in [0.05, 0.1) is 24.7 Å². The van der Waals surface area contributed by atoms with Crippen molar-refractivity contribution in [2.24, 2.45) is 23.2 Å². The maximum Gasteiger partial charge on any atom is 0.243 e. The molecule has 5 fully saturated rings. The van der Waals surface area contributed by atoms with Gasteiger partial charge in [-0.2, -0.15) is 4.31 Å². The number of hydrogen-bond donors (Lipinski definition) is 2. The van der Waals surface area contributed by atoms with E-state index in [1.165, 1.54) is 42.8 Å². The minimum Gasteiger partial charge on any atom is -0.379 e. The highest BCUT2D eigenvalue weighted by Gasteiger charge is 2.53. The van der Waals surface area contributed by atoms with Crippen LogP contribution < -0.4 is 10.6 Å². The summed E-state index contributed by atoms with van der Waals surface area (Å²) in [7, 11) is -3.49. The van der Waals surface area contributed by atoms with Gasteiger partial charge in [0.25, 0.3) is 0 Å². The Morgan fingerprint density at radius 2 is 1.65 bits per heavy atom. The Hall–Kier alpha value is -1.48. The number of nitrogens with one attached hydrogen (secondary N) is 2. The lowest BCUT2D eigenvalue weighted by atomic mass is 9.47. The minimum absolute atomic E-state index is 0.00630. The van der Waals surface area contributed by atoms with Crippen molar-refractivity contribution in [2.45, 2.75) is 69.4 Å². The Balaban J connectivity index is 1.11. The standard InChI is InChI=1S/C26H39N3O4S/c1-2-24(26-14-20-11-21(15-26)13-22(12-20)16-26)27-18-25(30)28-17-19-3-5-23(6-4-19)34(31,32)29-7-9-33-10-8-29/h3-6,20-22,24,27H,2,7-18H2,1H3,(H,28,30)/t20?,21?,22?,24-,26?/m1/s1. The third-order valence-electron chi connectivity index (χ3n) is 8.76. The molecule has 8 heteroatoms. The zero-order valence-corrected chi connectivity index (χ0v) is 21.1. The molecule has 4 bridgehead atoms. The van der Waals surface area contributed by atoms with Gasteiger partial charge in [-0.15, -0.1) is 0 Å². The first kappa shape index (κ1) is 24.2. The van der Waals surface area contributed by atoms with E-state index < -0.39 is 10.0 Å². The number of hydrogen-bond acceptors (Lipinski definition) is 5. The molecular formula is C26H39N3O4S. The van der Waals surface area contributed by atoms with Crippen molar-refractivity contribution in [3.8, 4) is 0 Å². The summed E-state index contributed by atoms with van der Waals surface area (Å²) in [5.41, 5.74) is 1.29. The number of ether oxygens (including phenoxy) is 1. The van der Waals surface area contributed by atoms with Crippen LogP contribution in [0.1, 0.15) is 57.4 Å². The number of rotatable bonds is 9. The molecule has 1 amide bonds. The summed E-state index contributed by atoms with van der Waals surface area (Å²) >= 11 is 0. The van der Waals surface area contributed by atoms with E-state index in [0.717, 1.165) is 29.7 Å². The first-order valence-electron chi connectivity index (χ1n) is 13.0. The molecule has 1 aromatic carbocycles. The topological polar surface area (TPSA) is 87.7 Å². The number of carbonyl (C=O) groups is 1. The largest absolute Gasteiger partial charge is 0.379 e. The van der Waals surface area contributed by atoms with E-state index in [1.54, 1.807) is 24.3 Å².